The molecule has 0 saturated heterocycles. The molecule has 0 aliphatic rings. The van der Waals surface area contributed by atoms with Gasteiger partial charge in [0.25, 0.3) is 0 Å². The van der Waals surface area contributed by atoms with E-state index >= 15 is 0 Å². The van der Waals surface area contributed by atoms with E-state index in [0.717, 1.165) is 5.00 Å². The zero-order chi connectivity index (χ0) is 12.7. The van der Waals surface area contributed by atoms with Crippen LogP contribution in [-0.2, 0) is 0 Å². The molecule has 0 aliphatic heterocycles. The van der Waals surface area contributed by atoms with Crippen molar-refractivity contribution in [1.29, 1.82) is 0 Å². The minimum atomic E-state index is -1.01. The van der Waals surface area contributed by atoms with Gasteiger partial charge >= 0.3 is 5.97 Å². The Kier molecular flexibility index (Phi) is 2.27. The number of hydrogen-bond acceptors (Lipinski definition) is 5. The fraction of sp³-hybridized carbons (Fsp3) is 0. The van der Waals surface area contributed by atoms with Crippen LogP contribution in [0.4, 0.5) is 5.82 Å². The van der Waals surface area contributed by atoms with Crippen LogP contribution in [-0.4, -0.2) is 25.6 Å². The first-order valence-electron chi connectivity index (χ1n) is 5.06. The fourth-order valence-electron chi connectivity index (χ4n) is 1.70. The van der Waals surface area contributed by atoms with Gasteiger partial charge in [-0.3, -0.25) is 4.57 Å². The van der Waals surface area contributed by atoms with Crippen molar-refractivity contribution in [1.82, 2.24) is 14.5 Å². The van der Waals surface area contributed by atoms with E-state index in [9.17, 15) is 4.79 Å². The number of aromatic carboxylic acids is 1. The van der Waals surface area contributed by atoms with E-state index in [4.69, 9.17) is 10.8 Å². The van der Waals surface area contributed by atoms with E-state index in [2.05, 4.69) is 9.97 Å². The second-order valence-corrected chi connectivity index (χ2v) is 4.69. The third kappa shape index (κ3) is 1.52. The number of rotatable bonds is 2. The number of aromatic nitrogens is 3. The molecule has 0 aliphatic carbocycles. The first kappa shape index (κ1) is 10.7. The number of thiophene rings is 1. The lowest BCUT2D eigenvalue weighted by Gasteiger charge is -1.98. The summed E-state index contributed by atoms with van der Waals surface area (Å²) in [5, 5.41) is 10.6. The minimum absolute atomic E-state index is 0.163. The SMILES string of the molecule is Nc1ncc(C(=O)O)c2sc(-n3ccnc3)cc12. The number of hydrogen-bond donors (Lipinski definition) is 2. The number of carboxylic acid groups (broad SMARTS) is 1. The Balaban J connectivity index is 2.31. The molecule has 6 nitrogen and oxygen atoms in total. The van der Waals surface area contributed by atoms with Crippen LogP contribution in [0.2, 0.25) is 0 Å². The Morgan fingerprint density at radius 3 is 3.00 bits per heavy atom. The molecule has 0 fully saturated rings. The summed E-state index contributed by atoms with van der Waals surface area (Å²) in [5.74, 6) is -0.677. The van der Waals surface area contributed by atoms with E-state index in [1.54, 1.807) is 23.3 Å². The standard InChI is InChI=1S/C11H8N4O2S/c12-10-6-3-8(15-2-1-13-5-15)18-9(6)7(4-14-10)11(16)17/h1-5H,(H2,12,14)(H,16,17). The second kappa shape index (κ2) is 3.81. The molecule has 3 heterocycles. The van der Waals surface area contributed by atoms with Gasteiger partial charge in [-0.15, -0.1) is 11.3 Å². The molecule has 0 unspecified atom stereocenters. The van der Waals surface area contributed by atoms with Gasteiger partial charge in [0.2, 0.25) is 0 Å². The summed E-state index contributed by atoms with van der Waals surface area (Å²) in [5.41, 5.74) is 5.93. The highest BCUT2D eigenvalue weighted by molar-refractivity contribution is 7.21. The number of imidazole rings is 1. The molecule has 0 atom stereocenters. The minimum Gasteiger partial charge on any atom is -0.478 e. The van der Waals surface area contributed by atoms with E-state index < -0.39 is 5.97 Å². The van der Waals surface area contributed by atoms with Crippen LogP contribution in [0.3, 0.4) is 0 Å². The molecule has 0 radical (unpaired) electrons. The maximum absolute atomic E-state index is 11.1. The largest absolute Gasteiger partial charge is 0.478 e. The Labute approximate surface area is 105 Å². The molecule has 0 spiro atoms. The maximum Gasteiger partial charge on any atom is 0.338 e. The van der Waals surface area contributed by atoms with Gasteiger partial charge in [-0.25, -0.2) is 14.8 Å². The van der Waals surface area contributed by atoms with Crippen molar-refractivity contribution in [3.63, 3.8) is 0 Å². The number of carbonyl (C=O) groups is 1. The highest BCUT2D eigenvalue weighted by Crippen LogP contribution is 2.33. The monoisotopic (exact) mass is 260 g/mol. The molecule has 0 aromatic carbocycles. The summed E-state index contributed by atoms with van der Waals surface area (Å²) in [7, 11) is 0. The maximum atomic E-state index is 11.1. The molecule has 90 valence electrons. The number of anilines is 1. The smallest absolute Gasteiger partial charge is 0.338 e. The van der Waals surface area contributed by atoms with Gasteiger partial charge in [0.05, 0.1) is 16.6 Å². The molecule has 0 bridgehead atoms. The van der Waals surface area contributed by atoms with Gasteiger partial charge in [-0.1, -0.05) is 0 Å². The van der Waals surface area contributed by atoms with Crippen LogP contribution in [0.15, 0.2) is 31.0 Å². The average Bonchev–Trinajstić information content (AvgIpc) is 2.97. The molecular formula is C11H8N4O2S. The van der Waals surface area contributed by atoms with Gasteiger partial charge in [0, 0.05) is 24.0 Å². The lowest BCUT2D eigenvalue weighted by molar-refractivity contribution is 0.0699. The normalized spacial score (nSPS) is 10.9. The molecular weight excluding hydrogens is 252 g/mol. The van der Waals surface area contributed by atoms with Crippen molar-refractivity contribution in [2.45, 2.75) is 0 Å². The van der Waals surface area contributed by atoms with Gasteiger partial charge in [-0.05, 0) is 6.07 Å². The first-order valence-corrected chi connectivity index (χ1v) is 5.88. The zero-order valence-corrected chi connectivity index (χ0v) is 9.89. The van der Waals surface area contributed by atoms with E-state index in [-0.39, 0.29) is 5.56 Å². The van der Waals surface area contributed by atoms with Crippen molar-refractivity contribution in [3.05, 3.63) is 36.5 Å². The van der Waals surface area contributed by atoms with Crippen LogP contribution in [0.1, 0.15) is 10.4 Å². The number of pyridine rings is 1. The number of carboxylic acids is 1. The molecule has 3 aromatic heterocycles. The van der Waals surface area contributed by atoms with Crippen molar-refractivity contribution in [2.24, 2.45) is 0 Å². The van der Waals surface area contributed by atoms with Crippen LogP contribution >= 0.6 is 11.3 Å². The van der Waals surface area contributed by atoms with Crippen LogP contribution in [0, 0.1) is 0 Å². The van der Waals surface area contributed by atoms with Crippen LogP contribution in [0.5, 0.6) is 0 Å². The lowest BCUT2D eigenvalue weighted by Crippen LogP contribution is -1.99. The predicted octanol–water partition coefficient (Wildman–Crippen LogP) is 1.76. The highest BCUT2D eigenvalue weighted by Gasteiger charge is 2.15. The summed E-state index contributed by atoms with van der Waals surface area (Å²) in [6, 6.07) is 1.82. The number of nitrogens with two attached hydrogens (primary N) is 1. The average molecular weight is 260 g/mol. The first-order chi connectivity index (χ1) is 8.66. The molecule has 7 heteroatoms. The topological polar surface area (TPSA) is 94.0 Å². The Hall–Kier alpha value is -2.41. The van der Waals surface area contributed by atoms with Crippen molar-refractivity contribution in [3.8, 4) is 5.00 Å². The molecule has 18 heavy (non-hydrogen) atoms. The number of nitrogens with zero attached hydrogens (tertiary/aromatic N) is 3. The van der Waals surface area contributed by atoms with Crippen molar-refractivity contribution in [2.75, 3.05) is 5.73 Å². The van der Waals surface area contributed by atoms with Crippen molar-refractivity contribution >= 4 is 33.2 Å². The third-order valence-electron chi connectivity index (χ3n) is 2.56. The van der Waals surface area contributed by atoms with Gasteiger partial charge < -0.3 is 10.8 Å². The van der Waals surface area contributed by atoms with Gasteiger partial charge in [0.15, 0.2) is 0 Å². The molecule has 3 N–H and O–H groups in total. The fourth-order valence-corrected chi connectivity index (χ4v) is 2.82. The Morgan fingerprint density at radius 2 is 2.33 bits per heavy atom. The quantitative estimate of drug-likeness (QED) is 0.732. The van der Waals surface area contributed by atoms with E-state index in [0.29, 0.717) is 15.9 Å². The summed E-state index contributed by atoms with van der Waals surface area (Å²) in [6.45, 7) is 0. The Bertz CT molecular complexity index is 733. The van der Waals surface area contributed by atoms with Crippen LogP contribution < -0.4 is 5.73 Å². The third-order valence-corrected chi connectivity index (χ3v) is 3.74. The van der Waals surface area contributed by atoms with Gasteiger partial charge in [0.1, 0.15) is 10.8 Å². The lowest BCUT2D eigenvalue weighted by atomic mass is 10.2. The molecule has 0 saturated carbocycles. The van der Waals surface area contributed by atoms with Crippen molar-refractivity contribution < 1.29 is 9.90 Å². The predicted molar refractivity (Wildman–Crippen MR) is 68.1 cm³/mol. The summed E-state index contributed by atoms with van der Waals surface area (Å²) in [6.07, 6.45) is 6.38. The van der Waals surface area contributed by atoms with Crippen LogP contribution in [0.25, 0.3) is 15.1 Å². The van der Waals surface area contributed by atoms with Gasteiger partial charge in [-0.2, -0.15) is 0 Å². The number of nitrogen functional groups attached to an aromatic ring is 1. The second-order valence-electron chi connectivity index (χ2n) is 3.66. The van der Waals surface area contributed by atoms with E-state index in [1.807, 2.05) is 6.07 Å². The molecule has 3 aromatic rings. The highest BCUT2D eigenvalue weighted by atomic mass is 32.1. The molecule has 0 amide bonds. The summed E-state index contributed by atoms with van der Waals surface area (Å²) in [4.78, 5) is 19.0. The molecule has 3 rings (SSSR count). The summed E-state index contributed by atoms with van der Waals surface area (Å²) < 4.78 is 2.43. The number of fused-ring (bicyclic) bond motifs is 1. The zero-order valence-electron chi connectivity index (χ0n) is 9.07. The summed E-state index contributed by atoms with van der Waals surface area (Å²) >= 11 is 1.35. The van der Waals surface area contributed by atoms with E-state index in [1.165, 1.54) is 17.5 Å². The Morgan fingerprint density at radius 1 is 1.50 bits per heavy atom.